The van der Waals surface area contributed by atoms with E-state index in [9.17, 15) is 18.0 Å². The fraction of sp³-hybridized carbons (Fsp3) is 0.526. The summed E-state index contributed by atoms with van der Waals surface area (Å²) in [7, 11) is -2.00. The van der Waals surface area contributed by atoms with Gasteiger partial charge in [0.25, 0.3) is 0 Å². The van der Waals surface area contributed by atoms with Gasteiger partial charge in [-0.25, -0.2) is 8.42 Å². The third kappa shape index (κ3) is 7.63. The number of piperidine rings is 1. The Morgan fingerprint density at radius 1 is 1.07 bits per heavy atom. The average Bonchev–Trinajstić information content (AvgIpc) is 2.73. The molecule has 1 heterocycles. The number of sulfonamides is 1. The second-order valence-electron chi connectivity index (χ2n) is 6.70. The van der Waals surface area contributed by atoms with E-state index < -0.39 is 21.9 Å². The lowest BCUT2D eigenvalue weighted by Gasteiger charge is -2.25. The summed E-state index contributed by atoms with van der Waals surface area (Å²) >= 11 is 5.08. The van der Waals surface area contributed by atoms with Crippen molar-refractivity contribution in [2.75, 3.05) is 38.7 Å². The zero-order chi connectivity index (χ0) is 22.0. The Kier molecular flexibility index (Phi) is 9.63. The summed E-state index contributed by atoms with van der Waals surface area (Å²) in [5, 5.41) is 5.34. The number of hydrogen-bond donors (Lipinski definition) is 2. The first-order valence-electron chi connectivity index (χ1n) is 9.68. The summed E-state index contributed by atoms with van der Waals surface area (Å²) in [5.74, 6) is -0.924. The number of carbonyl (C=O) groups excluding carboxylic acids is 2. The molecule has 1 fully saturated rings. The summed E-state index contributed by atoms with van der Waals surface area (Å²) in [5.41, 5.74) is 0.539. The molecule has 0 radical (unpaired) electrons. The van der Waals surface area contributed by atoms with Crippen LogP contribution in [0, 0.1) is 0 Å². The van der Waals surface area contributed by atoms with Crippen molar-refractivity contribution in [3.8, 4) is 0 Å². The minimum absolute atomic E-state index is 0.0550. The van der Waals surface area contributed by atoms with Crippen molar-refractivity contribution in [1.82, 2.24) is 9.62 Å². The summed E-state index contributed by atoms with van der Waals surface area (Å²) in [6.07, 6.45) is 2.66. The van der Waals surface area contributed by atoms with Crippen molar-refractivity contribution in [2.24, 2.45) is 0 Å². The highest BCUT2D eigenvalue weighted by Crippen LogP contribution is 2.21. The minimum atomic E-state index is -3.50. The van der Waals surface area contributed by atoms with Gasteiger partial charge in [0.2, 0.25) is 15.9 Å². The van der Waals surface area contributed by atoms with Gasteiger partial charge in [0.15, 0.2) is 5.11 Å². The summed E-state index contributed by atoms with van der Waals surface area (Å²) < 4.78 is 36.4. The molecule has 0 aromatic heterocycles. The van der Waals surface area contributed by atoms with Crippen LogP contribution in [0.1, 0.15) is 32.1 Å². The van der Waals surface area contributed by atoms with Crippen LogP contribution >= 0.6 is 12.2 Å². The normalized spacial score (nSPS) is 14.7. The van der Waals surface area contributed by atoms with E-state index in [-0.39, 0.29) is 29.5 Å². The minimum Gasteiger partial charge on any atom is -0.463 e. The van der Waals surface area contributed by atoms with E-state index in [4.69, 9.17) is 21.7 Å². The first-order valence-corrected chi connectivity index (χ1v) is 11.5. The van der Waals surface area contributed by atoms with E-state index in [0.717, 1.165) is 19.3 Å². The molecule has 0 saturated carbocycles. The topological polar surface area (TPSA) is 114 Å². The maximum Gasteiger partial charge on any atom is 0.306 e. The SMILES string of the molecule is COCCOC(=O)CCC(=O)NC(=S)Nc1ccc(S(=O)(=O)N2CCCCC2)cc1. The summed E-state index contributed by atoms with van der Waals surface area (Å²) in [6, 6.07) is 6.18. The van der Waals surface area contributed by atoms with Gasteiger partial charge >= 0.3 is 5.97 Å². The van der Waals surface area contributed by atoms with Gasteiger partial charge in [-0.15, -0.1) is 0 Å². The Bertz CT molecular complexity index is 836. The van der Waals surface area contributed by atoms with Crippen molar-refractivity contribution >= 4 is 44.9 Å². The van der Waals surface area contributed by atoms with Crippen LogP contribution in [0.2, 0.25) is 0 Å². The molecule has 0 bridgehead atoms. The van der Waals surface area contributed by atoms with Gasteiger partial charge in [-0.2, -0.15) is 4.31 Å². The zero-order valence-electron chi connectivity index (χ0n) is 16.9. The van der Waals surface area contributed by atoms with Crippen molar-refractivity contribution in [3.63, 3.8) is 0 Å². The van der Waals surface area contributed by atoms with Crippen LogP contribution in [0.15, 0.2) is 29.2 Å². The first-order chi connectivity index (χ1) is 14.3. The Morgan fingerprint density at radius 3 is 2.37 bits per heavy atom. The standard InChI is InChI=1S/C19H27N3O6S2/c1-27-13-14-28-18(24)10-9-17(23)21-19(29)20-15-5-7-16(8-6-15)30(25,26)22-11-3-2-4-12-22/h5-8H,2-4,9-14H2,1H3,(H2,20,21,23,29). The predicted octanol–water partition coefficient (Wildman–Crippen LogP) is 1.64. The fourth-order valence-electron chi connectivity index (χ4n) is 2.84. The number of carbonyl (C=O) groups is 2. The van der Waals surface area contributed by atoms with Crippen LogP contribution < -0.4 is 10.6 Å². The van der Waals surface area contributed by atoms with Crippen molar-refractivity contribution in [1.29, 1.82) is 0 Å². The number of nitrogens with zero attached hydrogens (tertiary/aromatic N) is 1. The number of esters is 1. The highest BCUT2D eigenvalue weighted by atomic mass is 32.2. The molecule has 2 N–H and O–H groups in total. The quantitative estimate of drug-likeness (QED) is 0.327. The number of nitrogens with one attached hydrogen (secondary N) is 2. The number of amides is 1. The Hall–Kier alpha value is -2.08. The van der Waals surface area contributed by atoms with E-state index in [1.165, 1.54) is 23.5 Å². The largest absolute Gasteiger partial charge is 0.463 e. The van der Waals surface area contributed by atoms with E-state index in [1.807, 2.05) is 0 Å². The van der Waals surface area contributed by atoms with Crippen molar-refractivity contribution in [2.45, 2.75) is 37.0 Å². The molecule has 1 aromatic rings. The molecule has 0 atom stereocenters. The first kappa shape index (κ1) is 24.2. The number of methoxy groups -OCH3 is 1. The molecular weight excluding hydrogens is 430 g/mol. The molecule has 1 aliphatic rings. The smallest absolute Gasteiger partial charge is 0.306 e. The van der Waals surface area contributed by atoms with Crippen LogP contribution in [0.25, 0.3) is 0 Å². The van der Waals surface area contributed by atoms with E-state index >= 15 is 0 Å². The number of hydrogen-bond acceptors (Lipinski definition) is 7. The molecule has 0 spiro atoms. The molecule has 11 heteroatoms. The molecule has 2 rings (SSSR count). The summed E-state index contributed by atoms with van der Waals surface area (Å²) in [4.78, 5) is 23.6. The number of rotatable bonds is 9. The van der Waals surface area contributed by atoms with Crippen molar-refractivity contribution < 1.29 is 27.5 Å². The van der Waals surface area contributed by atoms with Gasteiger partial charge in [0, 0.05) is 32.3 Å². The molecule has 166 valence electrons. The van der Waals surface area contributed by atoms with Gasteiger partial charge in [-0.1, -0.05) is 6.42 Å². The molecule has 30 heavy (non-hydrogen) atoms. The van der Waals surface area contributed by atoms with Gasteiger partial charge in [0.05, 0.1) is 17.9 Å². The van der Waals surface area contributed by atoms with E-state index in [1.54, 1.807) is 12.1 Å². The maximum atomic E-state index is 12.7. The third-order valence-corrected chi connectivity index (χ3v) is 6.54. The molecule has 1 aliphatic heterocycles. The second kappa shape index (κ2) is 11.9. The molecule has 1 amide bonds. The van der Waals surface area contributed by atoms with Crippen molar-refractivity contribution in [3.05, 3.63) is 24.3 Å². The highest BCUT2D eigenvalue weighted by molar-refractivity contribution is 7.89. The van der Waals surface area contributed by atoms with Gasteiger partial charge < -0.3 is 20.1 Å². The van der Waals surface area contributed by atoms with Gasteiger partial charge in [-0.05, 0) is 49.3 Å². The number of anilines is 1. The van der Waals surface area contributed by atoms with Crippen LogP contribution in [-0.4, -0.2) is 63.1 Å². The average molecular weight is 458 g/mol. The predicted molar refractivity (Wildman–Crippen MR) is 115 cm³/mol. The Balaban J connectivity index is 1.80. The fourth-order valence-corrected chi connectivity index (χ4v) is 4.59. The molecule has 1 saturated heterocycles. The maximum absolute atomic E-state index is 12.7. The van der Waals surface area contributed by atoms with E-state index in [0.29, 0.717) is 25.4 Å². The van der Waals surface area contributed by atoms with Crippen LogP contribution in [0.3, 0.4) is 0 Å². The van der Waals surface area contributed by atoms with Gasteiger partial charge in [-0.3, -0.25) is 9.59 Å². The number of benzene rings is 1. The van der Waals surface area contributed by atoms with Crippen LogP contribution in [0.5, 0.6) is 0 Å². The zero-order valence-corrected chi connectivity index (χ0v) is 18.5. The highest BCUT2D eigenvalue weighted by Gasteiger charge is 2.25. The molecule has 1 aromatic carbocycles. The second-order valence-corrected chi connectivity index (χ2v) is 9.05. The third-order valence-electron chi connectivity index (χ3n) is 4.42. The lowest BCUT2D eigenvalue weighted by molar-refractivity contribution is -0.146. The molecule has 9 nitrogen and oxygen atoms in total. The molecular formula is C19H27N3O6S2. The molecule has 0 aliphatic carbocycles. The monoisotopic (exact) mass is 457 g/mol. The lowest BCUT2D eigenvalue weighted by atomic mass is 10.2. The van der Waals surface area contributed by atoms with Gasteiger partial charge in [0.1, 0.15) is 6.61 Å². The van der Waals surface area contributed by atoms with Crippen LogP contribution in [-0.2, 0) is 29.1 Å². The lowest BCUT2D eigenvalue weighted by Crippen LogP contribution is -2.35. The number of ether oxygens (including phenoxy) is 2. The number of thiocarbonyl (C=S) groups is 1. The molecule has 0 unspecified atom stereocenters. The Labute approximate surface area is 182 Å². The summed E-state index contributed by atoms with van der Waals surface area (Å²) in [6.45, 7) is 1.52. The Morgan fingerprint density at radius 2 is 1.73 bits per heavy atom. The van der Waals surface area contributed by atoms with E-state index in [2.05, 4.69) is 10.6 Å². The van der Waals surface area contributed by atoms with Crippen LogP contribution in [0.4, 0.5) is 5.69 Å².